The summed E-state index contributed by atoms with van der Waals surface area (Å²) >= 11 is 0. The van der Waals surface area contributed by atoms with E-state index in [1.807, 2.05) is 31.2 Å². The molecule has 0 fully saturated rings. The Hall–Kier alpha value is -2.29. The number of furan rings is 1. The third-order valence-corrected chi connectivity index (χ3v) is 2.50. The van der Waals surface area contributed by atoms with Crippen LogP contribution in [0.5, 0.6) is 0 Å². The average Bonchev–Trinajstić information content (AvgIpc) is 2.78. The number of aliphatic carboxylic acids is 1. The van der Waals surface area contributed by atoms with E-state index in [0.29, 0.717) is 5.76 Å². The van der Waals surface area contributed by atoms with Gasteiger partial charge in [-0.15, -0.1) is 0 Å². The minimum Gasteiger partial charge on any atom is -0.478 e. The number of aryl methyl sites for hydroxylation is 1. The first-order valence-corrected chi connectivity index (χ1v) is 5.17. The van der Waals surface area contributed by atoms with Gasteiger partial charge in [-0.2, -0.15) is 0 Å². The first-order chi connectivity index (χ1) is 8.08. The smallest absolute Gasteiger partial charge is 0.338 e. The lowest BCUT2D eigenvalue weighted by Gasteiger charge is -1.98. The van der Waals surface area contributed by atoms with E-state index >= 15 is 0 Å². The summed E-state index contributed by atoms with van der Waals surface area (Å²) in [5.74, 6) is -0.148. The Morgan fingerprint density at radius 3 is 2.41 bits per heavy atom. The van der Waals surface area contributed by atoms with Crippen molar-refractivity contribution in [2.45, 2.75) is 6.92 Å². The van der Waals surface area contributed by atoms with Crippen LogP contribution in [0, 0.1) is 6.92 Å². The number of carboxylic acids is 1. The van der Waals surface area contributed by atoms with Crippen molar-refractivity contribution in [2.75, 3.05) is 0 Å². The average molecular weight is 228 g/mol. The molecule has 3 nitrogen and oxygen atoms in total. The molecule has 1 N–H and O–H groups in total. The van der Waals surface area contributed by atoms with Crippen molar-refractivity contribution in [1.82, 2.24) is 0 Å². The zero-order valence-electron chi connectivity index (χ0n) is 9.43. The highest BCUT2D eigenvalue weighted by Crippen LogP contribution is 2.25. The Bertz CT molecular complexity index is 561. The summed E-state index contributed by atoms with van der Waals surface area (Å²) < 4.78 is 5.45. The Balaban J connectivity index is 2.33. The molecule has 2 aromatic rings. The monoisotopic (exact) mass is 228 g/mol. The second kappa shape index (κ2) is 4.29. The summed E-state index contributed by atoms with van der Waals surface area (Å²) in [7, 11) is 0. The predicted molar refractivity (Wildman–Crippen MR) is 65.6 cm³/mol. The van der Waals surface area contributed by atoms with E-state index < -0.39 is 5.97 Å². The topological polar surface area (TPSA) is 50.4 Å². The standard InChI is InChI=1S/C14H12O3/c1-9-3-5-11(6-4-9)13-8-7-12(17-13)10(2)14(15)16/h3-8H,2H2,1H3,(H,15,16). The molecular weight excluding hydrogens is 216 g/mol. The molecule has 0 amide bonds. The predicted octanol–water partition coefficient (Wildman–Crippen LogP) is 3.35. The molecule has 0 aliphatic rings. The summed E-state index contributed by atoms with van der Waals surface area (Å²) in [6.07, 6.45) is 0. The number of rotatable bonds is 3. The molecule has 1 heterocycles. The molecule has 0 atom stereocenters. The second-order valence-electron chi connectivity index (χ2n) is 3.81. The van der Waals surface area contributed by atoms with Crippen LogP contribution in [0.25, 0.3) is 16.9 Å². The molecule has 0 spiro atoms. The van der Waals surface area contributed by atoms with Gasteiger partial charge in [0.15, 0.2) is 0 Å². The van der Waals surface area contributed by atoms with Crippen LogP contribution in [0.3, 0.4) is 0 Å². The van der Waals surface area contributed by atoms with Crippen molar-refractivity contribution < 1.29 is 14.3 Å². The van der Waals surface area contributed by atoms with Gasteiger partial charge in [-0.25, -0.2) is 4.79 Å². The molecule has 17 heavy (non-hydrogen) atoms. The van der Waals surface area contributed by atoms with E-state index in [4.69, 9.17) is 9.52 Å². The first-order valence-electron chi connectivity index (χ1n) is 5.17. The lowest BCUT2D eigenvalue weighted by Crippen LogP contribution is -1.95. The Morgan fingerprint density at radius 1 is 1.18 bits per heavy atom. The third-order valence-electron chi connectivity index (χ3n) is 2.50. The van der Waals surface area contributed by atoms with Crippen molar-refractivity contribution >= 4 is 11.5 Å². The second-order valence-corrected chi connectivity index (χ2v) is 3.81. The van der Waals surface area contributed by atoms with Gasteiger partial charge in [0, 0.05) is 5.56 Å². The number of carboxylic acid groups (broad SMARTS) is 1. The van der Waals surface area contributed by atoms with Crippen LogP contribution < -0.4 is 0 Å². The molecule has 0 aliphatic carbocycles. The highest BCUT2D eigenvalue weighted by atomic mass is 16.4. The molecule has 0 saturated carbocycles. The van der Waals surface area contributed by atoms with Crippen LogP contribution in [0.1, 0.15) is 11.3 Å². The van der Waals surface area contributed by atoms with E-state index in [1.165, 1.54) is 0 Å². The van der Waals surface area contributed by atoms with E-state index in [9.17, 15) is 4.79 Å². The van der Waals surface area contributed by atoms with Gasteiger partial charge in [0.25, 0.3) is 0 Å². The van der Waals surface area contributed by atoms with Gasteiger partial charge in [-0.05, 0) is 19.1 Å². The number of hydrogen-bond donors (Lipinski definition) is 1. The molecule has 1 aromatic heterocycles. The molecule has 86 valence electrons. The van der Waals surface area contributed by atoms with Crippen molar-refractivity contribution in [3.63, 3.8) is 0 Å². The molecule has 0 saturated heterocycles. The molecule has 0 bridgehead atoms. The molecule has 2 rings (SSSR count). The highest BCUT2D eigenvalue weighted by molar-refractivity contribution is 6.13. The van der Waals surface area contributed by atoms with Gasteiger partial charge >= 0.3 is 5.97 Å². The van der Waals surface area contributed by atoms with Gasteiger partial charge < -0.3 is 9.52 Å². The van der Waals surface area contributed by atoms with E-state index in [0.717, 1.165) is 11.1 Å². The third kappa shape index (κ3) is 2.28. The number of carbonyl (C=O) groups is 1. The minimum atomic E-state index is -1.07. The maximum absolute atomic E-state index is 10.7. The van der Waals surface area contributed by atoms with Crippen LogP contribution in [0.2, 0.25) is 0 Å². The van der Waals surface area contributed by atoms with Gasteiger partial charge in [0.2, 0.25) is 0 Å². The Morgan fingerprint density at radius 2 is 1.82 bits per heavy atom. The van der Waals surface area contributed by atoms with Crippen molar-refractivity contribution in [1.29, 1.82) is 0 Å². The van der Waals surface area contributed by atoms with Gasteiger partial charge in [0.1, 0.15) is 11.5 Å². The molecule has 3 heteroatoms. The molecule has 1 aromatic carbocycles. The molecule has 0 aliphatic heterocycles. The summed E-state index contributed by atoms with van der Waals surface area (Å²) in [6, 6.07) is 11.2. The lowest BCUT2D eigenvalue weighted by atomic mass is 10.1. The summed E-state index contributed by atoms with van der Waals surface area (Å²) in [4.78, 5) is 10.7. The van der Waals surface area contributed by atoms with Crippen molar-refractivity contribution in [3.05, 3.63) is 54.3 Å². The van der Waals surface area contributed by atoms with Crippen molar-refractivity contribution in [2.24, 2.45) is 0 Å². The SMILES string of the molecule is C=C(C(=O)O)c1ccc(-c2ccc(C)cc2)o1. The fourth-order valence-electron chi connectivity index (χ4n) is 1.48. The van der Waals surface area contributed by atoms with Crippen LogP contribution in [-0.4, -0.2) is 11.1 Å². The summed E-state index contributed by atoms with van der Waals surface area (Å²) in [5, 5.41) is 8.79. The van der Waals surface area contributed by atoms with Gasteiger partial charge in [0.05, 0.1) is 5.57 Å². The zero-order valence-corrected chi connectivity index (χ0v) is 9.43. The van der Waals surface area contributed by atoms with Crippen molar-refractivity contribution in [3.8, 4) is 11.3 Å². The highest BCUT2D eigenvalue weighted by Gasteiger charge is 2.12. The van der Waals surface area contributed by atoms with E-state index in [2.05, 4.69) is 6.58 Å². The van der Waals surface area contributed by atoms with E-state index in [-0.39, 0.29) is 11.3 Å². The van der Waals surface area contributed by atoms with Crippen LogP contribution >= 0.6 is 0 Å². The number of hydrogen-bond acceptors (Lipinski definition) is 2. The van der Waals surface area contributed by atoms with Gasteiger partial charge in [-0.3, -0.25) is 0 Å². The first kappa shape index (κ1) is 11.2. The normalized spacial score (nSPS) is 10.2. The molecule has 0 radical (unpaired) electrons. The fraction of sp³-hybridized carbons (Fsp3) is 0.0714. The molecule has 0 unspecified atom stereocenters. The Kier molecular flexibility index (Phi) is 2.83. The largest absolute Gasteiger partial charge is 0.478 e. The quantitative estimate of drug-likeness (QED) is 0.819. The van der Waals surface area contributed by atoms with Crippen LogP contribution in [0.15, 0.2) is 47.4 Å². The van der Waals surface area contributed by atoms with Crippen LogP contribution in [-0.2, 0) is 4.79 Å². The maximum atomic E-state index is 10.7. The maximum Gasteiger partial charge on any atom is 0.338 e. The summed E-state index contributed by atoms with van der Waals surface area (Å²) in [6.45, 7) is 5.46. The Labute approximate surface area is 99.0 Å². The van der Waals surface area contributed by atoms with Gasteiger partial charge in [-0.1, -0.05) is 36.4 Å². The van der Waals surface area contributed by atoms with Crippen LogP contribution in [0.4, 0.5) is 0 Å². The summed E-state index contributed by atoms with van der Waals surface area (Å²) in [5.41, 5.74) is 2.04. The fourth-order valence-corrected chi connectivity index (χ4v) is 1.48. The number of benzene rings is 1. The van der Waals surface area contributed by atoms with E-state index in [1.54, 1.807) is 12.1 Å². The lowest BCUT2D eigenvalue weighted by molar-refractivity contribution is -0.130. The molecular formula is C14H12O3. The zero-order chi connectivity index (χ0) is 12.4. The minimum absolute atomic E-state index is 0.0386.